The smallest absolute Gasteiger partial charge is 0.305 e. The summed E-state index contributed by atoms with van der Waals surface area (Å²) in [5.41, 5.74) is 2.95. The highest BCUT2D eigenvalue weighted by Gasteiger charge is 2.16. The van der Waals surface area contributed by atoms with Gasteiger partial charge in [-0.05, 0) is 12.8 Å². The maximum absolute atomic E-state index is 11.2. The molecule has 0 saturated heterocycles. The highest BCUT2D eigenvalue weighted by atomic mass is 16.5. The van der Waals surface area contributed by atoms with Crippen molar-refractivity contribution < 1.29 is 13.9 Å². The Morgan fingerprint density at radius 1 is 0.923 bits per heavy atom. The van der Waals surface area contributed by atoms with Crippen LogP contribution in [0.4, 0.5) is 0 Å². The number of oxazole rings is 1. The number of carbonyl (C=O) groups is 1. The molecule has 0 fully saturated rings. The van der Waals surface area contributed by atoms with Gasteiger partial charge >= 0.3 is 5.97 Å². The summed E-state index contributed by atoms with van der Waals surface area (Å²) in [5, 5.41) is 0. The standard InChI is InChI=1S/C22H23NO3/c1-25-20(24)16-10-4-9-15-19-23-21(17-11-5-2-6-12-17)22(26-19)18-13-7-3-8-14-18/h2-3,5-8,11-14H,4,9-10,15-16H2,1H3. The summed E-state index contributed by atoms with van der Waals surface area (Å²) in [6, 6.07) is 20.2. The minimum atomic E-state index is -0.154. The Balaban J connectivity index is 1.74. The summed E-state index contributed by atoms with van der Waals surface area (Å²) in [7, 11) is 1.42. The maximum atomic E-state index is 11.2. The van der Waals surface area contributed by atoms with Crippen LogP contribution in [0.5, 0.6) is 0 Å². The number of hydrogen-bond donors (Lipinski definition) is 0. The first-order valence-corrected chi connectivity index (χ1v) is 8.95. The highest BCUT2D eigenvalue weighted by molar-refractivity contribution is 5.76. The molecule has 1 aromatic heterocycles. The lowest BCUT2D eigenvalue weighted by molar-refractivity contribution is -0.140. The van der Waals surface area contributed by atoms with Crippen molar-refractivity contribution in [3.63, 3.8) is 0 Å². The third kappa shape index (κ3) is 4.60. The van der Waals surface area contributed by atoms with Crippen LogP contribution in [0.2, 0.25) is 0 Å². The zero-order valence-electron chi connectivity index (χ0n) is 15.0. The van der Waals surface area contributed by atoms with Gasteiger partial charge < -0.3 is 9.15 Å². The van der Waals surface area contributed by atoms with E-state index in [2.05, 4.69) is 4.74 Å². The Kier molecular flexibility index (Phi) is 6.20. The number of esters is 1. The molecule has 0 aliphatic heterocycles. The van der Waals surface area contributed by atoms with Gasteiger partial charge in [-0.1, -0.05) is 67.1 Å². The Morgan fingerprint density at radius 2 is 1.58 bits per heavy atom. The number of aromatic nitrogens is 1. The molecule has 4 nitrogen and oxygen atoms in total. The van der Waals surface area contributed by atoms with Crippen LogP contribution >= 0.6 is 0 Å². The van der Waals surface area contributed by atoms with Crippen molar-refractivity contribution in [3.05, 3.63) is 66.6 Å². The van der Waals surface area contributed by atoms with Gasteiger partial charge in [0.1, 0.15) is 5.69 Å². The first-order valence-electron chi connectivity index (χ1n) is 8.95. The van der Waals surface area contributed by atoms with Crippen LogP contribution < -0.4 is 0 Å². The van der Waals surface area contributed by atoms with Crippen molar-refractivity contribution in [3.8, 4) is 22.6 Å². The van der Waals surface area contributed by atoms with Crippen molar-refractivity contribution >= 4 is 5.97 Å². The lowest BCUT2D eigenvalue weighted by Crippen LogP contribution is -1.99. The fraction of sp³-hybridized carbons (Fsp3) is 0.273. The molecule has 0 atom stereocenters. The Hall–Kier alpha value is -2.88. The zero-order chi connectivity index (χ0) is 18.2. The number of benzene rings is 2. The van der Waals surface area contributed by atoms with Crippen LogP contribution in [0, 0.1) is 0 Å². The Morgan fingerprint density at radius 3 is 2.23 bits per heavy atom. The van der Waals surface area contributed by atoms with Gasteiger partial charge in [0.25, 0.3) is 0 Å². The molecule has 0 spiro atoms. The SMILES string of the molecule is COC(=O)CCCCCc1nc(-c2ccccc2)c(-c2ccccc2)o1. The van der Waals surface area contributed by atoms with Crippen LogP contribution in [0.3, 0.4) is 0 Å². The van der Waals surface area contributed by atoms with E-state index in [-0.39, 0.29) is 5.97 Å². The molecular formula is C22H23NO3. The second-order valence-electron chi connectivity index (χ2n) is 6.15. The average Bonchev–Trinajstić information content (AvgIpc) is 3.13. The maximum Gasteiger partial charge on any atom is 0.305 e. The van der Waals surface area contributed by atoms with Gasteiger partial charge in [-0.25, -0.2) is 4.98 Å². The predicted octanol–water partition coefficient (Wildman–Crippen LogP) is 5.28. The van der Waals surface area contributed by atoms with E-state index < -0.39 is 0 Å². The molecule has 4 heteroatoms. The van der Waals surface area contributed by atoms with E-state index >= 15 is 0 Å². The molecule has 0 N–H and O–H groups in total. The molecule has 3 rings (SSSR count). The summed E-state index contributed by atoms with van der Waals surface area (Å²) < 4.78 is 10.8. The lowest BCUT2D eigenvalue weighted by atomic mass is 10.1. The van der Waals surface area contributed by atoms with Crippen LogP contribution in [0.25, 0.3) is 22.6 Å². The van der Waals surface area contributed by atoms with Crippen LogP contribution in [0.1, 0.15) is 31.6 Å². The number of hydrogen-bond acceptors (Lipinski definition) is 4. The minimum Gasteiger partial charge on any atom is -0.469 e. The second kappa shape index (κ2) is 8.99. The number of rotatable bonds is 8. The largest absolute Gasteiger partial charge is 0.469 e. The van der Waals surface area contributed by atoms with E-state index in [9.17, 15) is 4.79 Å². The minimum absolute atomic E-state index is 0.154. The molecule has 0 unspecified atom stereocenters. The molecule has 134 valence electrons. The number of unbranched alkanes of at least 4 members (excludes halogenated alkanes) is 2. The topological polar surface area (TPSA) is 52.3 Å². The molecule has 1 heterocycles. The van der Waals surface area contributed by atoms with Crippen LogP contribution in [0.15, 0.2) is 65.1 Å². The van der Waals surface area contributed by atoms with Gasteiger partial charge in [0.05, 0.1) is 7.11 Å². The van der Waals surface area contributed by atoms with Crippen LogP contribution in [-0.4, -0.2) is 18.1 Å². The van der Waals surface area contributed by atoms with Crippen molar-refractivity contribution in [2.75, 3.05) is 7.11 Å². The molecule has 2 aromatic carbocycles. The molecule has 0 saturated carbocycles. The quantitative estimate of drug-likeness (QED) is 0.410. The molecule has 0 aliphatic carbocycles. The summed E-state index contributed by atoms with van der Waals surface area (Å²) in [4.78, 5) is 15.9. The molecule has 26 heavy (non-hydrogen) atoms. The zero-order valence-corrected chi connectivity index (χ0v) is 15.0. The summed E-state index contributed by atoms with van der Waals surface area (Å²) in [5.74, 6) is 1.39. The first kappa shape index (κ1) is 17.9. The van der Waals surface area contributed by atoms with Gasteiger partial charge in [-0.2, -0.15) is 0 Å². The van der Waals surface area contributed by atoms with Gasteiger partial charge in [0, 0.05) is 24.0 Å². The monoisotopic (exact) mass is 349 g/mol. The highest BCUT2D eigenvalue weighted by Crippen LogP contribution is 2.32. The van der Waals surface area contributed by atoms with E-state index in [0.717, 1.165) is 54.2 Å². The van der Waals surface area contributed by atoms with E-state index in [4.69, 9.17) is 9.40 Å². The fourth-order valence-electron chi connectivity index (χ4n) is 2.87. The molecule has 0 aliphatic rings. The van der Waals surface area contributed by atoms with E-state index in [1.165, 1.54) is 7.11 Å². The number of nitrogens with zero attached hydrogens (tertiary/aromatic N) is 1. The normalized spacial score (nSPS) is 10.7. The van der Waals surface area contributed by atoms with Crippen molar-refractivity contribution in [1.82, 2.24) is 4.98 Å². The Bertz CT molecular complexity index is 768. The van der Waals surface area contributed by atoms with Crippen molar-refractivity contribution in [2.45, 2.75) is 32.1 Å². The number of carbonyl (C=O) groups excluding carboxylic acids is 1. The lowest BCUT2D eigenvalue weighted by Gasteiger charge is -2.00. The first-order chi connectivity index (χ1) is 12.8. The molecular weight excluding hydrogens is 326 g/mol. The summed E-state index contributed by atoms with van der Waals surface area (Å²) in [6.45, 7) is 0. The number of ether oxygens (including phenoxy) is 1. The fourth-order valence-corrected chi connectivity index (χ4v) is 2.87. The van der Waals surface area contributed by atoms with E-state index in [1.807, 2.05) is 60.7 Å². The average molecular weight is 349 g/mol. The van der Waals surface area contributed by atoms with E-state index in [0.29, 0.717) is 6.42 Å². The predicted molar refractivity (Wildman–Crippen MR) is 102 cm³/mol. The third-order valence-corrected chi connectivity index (χ3v) is 4.25. The van der Waals surface area contributed by atoms with Crippen molar-refractivity contribution in [2.24, 2.45) is 0 Å². The molecule has 0 amide bonds. The molecule has 0 radical (unpaired) electrons. The van der Waals surface area contributed by atoms with Gasteiger partial charge in [-0.3, -0.25) is 4.79 Å². The van der Waals surface area contributed by atoms with Crippen LogP contribution in [-0.2, 0) is 16.0 Å². The third-order valence-electron chi connectivity index (χ3n) is 4.25. The molecule has 0 bridgehead atoms. The summed E-state index contributed by atoms with van der Waals surface area (Å²) in [6.07, 6.45) is 3.92. The second-order valence-corrected chi connectivity index (χ2v) is 6.15. The Labute approximate surface area is 153 Å². The number of methoxy groups -OCH3 is 1. The van der Waals surface area contributed by atoms with Gasteiger partial charge in [0.15, 0.2) is 11.7 Å². The van der Waals surface area contributed by atoms with E-state index in [1.54, 1.807) is 0 Å². The molecule has 3 aromatic rings. The van der Waals surface area contributed by atoms with Gasteiger partial charge in [0.2, 0.25) is 0 Å². The number of aryl methyl sites for hydroxylation is 1. The van der Waals surface area contributed by atoms with Crippen molar-refractivity contribution in [1.29, 1.82) is 0 Å². The van der Waals surface area contributed by atoms with Gasteiger partial charge in [-0.15, -0.1) is 0 Å². The summed E-state index contributed by atoms with van der Waals surface area (Å²) >= 11 is 0.